The zero-order valence-electron chi connectivity index (χ0n) is 26.2. The minimum atomic E-state index is -0.853. The molecule has 0 saturated carbocycles. The number of hydrogen-bond donors (Lipinski definition) is 3. The predicted octanol–water partition coefficient (Wildman–Crippen LogP) is 9.73. The fourth-order valence-electron chi connectivity index (χ4n) is 5.02. The highest BCUT2D eigenvalue weighted by molar-refractivity contribution is 5.76. The molecule has 2 atom stereocenters. The summed E-state index contributed by atoms with van der Waals surface area (Å²) in [6.07, 6.45) is 38.5. The van der Waals surface area contributed by atoms with Gasteiger partial charge in [0, 0.05) is 6.42 Å². The molecule has 0 rings (SSSR count). The Balaban J connectivity index is 3.50. The van der Waals surface area contributed by atoms with E-state index < -0.39 is 12.1 Å². The molecule has 0 spiro atoms. The van der Waals surface area contributed by atoms with Gasteiger partial charge in [0.25, 0.3) is 0 Å². The van der Waals surface area contributed by atoms with Crippen molar-refractivity contribution in [2.75, 3.05) is 6.61 Å². The monoisotopic (exact) mass is 550 g/mol. The van der Waals surface area contributed by atoms with E-state index >= 15 is 0 Å². The van der Waals surface area contributed by atoms with Crippen LogP contribution in [0.2, 0.25) is 0 Å². The second-order valence-electron chi connectivity index (χ2n) is 11.6. The quantitative estimate of drug-likeness (QED) is 0.0617. The van der Waals surface area contributed by atoms with Gasteiger partial charge in [-0.1, -0.05) is 167 Å². The van der Waals surface area contributed by atoms with Gasteiger partial charge >= 0.3 is 0 Å². The number of carbonyl (C=O) groups excluding carboxylic acids is 1. The molecular weight excluding hydrogens is 482 g/mol. The van der Waals surface area contributed by atoms with Crippen LogP contribution in [0.3, 0.4) is 0 Å². The van der Waals surface area contributed by atoms with E-state index in [-0.39, 0.29) is 12.5 Å². The van der Waals surface area contributed by atoms with Crippen molar-refractivity contribution in [2.24, 2.45) is 0 Å². The van der Waals surface area contributed by atoms with Crippen LogP contribution >= 0.6 is 0 Å². The standard InChI is InChI=1S/C35H67NO3/c1-3-5-7-9-11-12-13-14-15-16-17-18-19-20-21-22-23-25-27-29-31-35(39)36-33(32-37)34(38)30-28-26-24-10-8-6-4-2/h8,10,28,30,33-34,37-38H,3-7,9,11-27,29,31-32H2,1-2H3,(H,36,39)/b10-8+,30-28+. The highest BCUT2D eigenvalue weighted by Crippen LogP contribution is 2.15. The van der Waals surface area contributed by atoms with Crippen molar-refractivity contribution in [3.63, 3.8) is 0 Å². The minimum absolute atomic E-state index is 0.0774. The summed E-state index contributed by atoms with van der Waals surface area (Å²) in [7, 11) is 0. The largest absolute Gasteiger partial charge is 0.394 e. The molecule has 230 valence electrons. The molecule has 0 fully saturated rings. The first-order chi connectivity index (χ1) is 19.2. The van der Waals surface area contributed by atoms with E-state index in [2.05, 4.69) is 31.3 Å². The molecule has 1 amide bonds. The number of aliphatic hydroxyl groups excluding tert-OH is 2. The predicted molar refractivity (Wildman–Crippen MR) is 170 cm³/mol. The molecule has 2 unspecified atom stereocenters. The maximum atomic E-state index is 12.2. The van der Waals surface area contributed by atoms with Crippen LogP contribution in [-0.2, 0) is 4.79 Å². The number of hydrogen-bond acceptors (Lipinski definition) is 3. The summed E-state index contributed by atoms with van der Waals surface area (Å²) >= 11 is 0. The van der Waals surface area contributed by atoms with E-state index in [1.165, 1.54) is 116 Å². The molecule has 0 aromatic carbocycles. The van der Waals surface area contributed by atoms with E-state index in [1.54, 1.807) is 6.08 Å². The third-order valence-corrected chi connectivity index (χ3v) is 7.67. The van der Waals surface area contributed by atoms with Gasteiger partial charge in [0.05, 0.1) is 18.8 Å². The number of carbonyl (C=O) groups is 1. The Labute approximate surface area is 243 Å². The van der Waals surface area contributed by atoms with E-state index in [0.717, 1.165) is 38.5 Å². The first-order valence-electron chi connectivity index (χ1n) is 17.1. The molecule has 0 heterocycles. The normalized spacial score (nSPS) is 13.4. The Morgan fingerprint density at radius 2 is 1.00 bits per heavy atom. The van der Waals surface area contributed by atoms with E-state index in [0.29, 0.717) is 6.42 Å². The van der Waals surface area contributed by atoms with Crippen molar-refractivity contribution in [3.8, 4) is 0 Å². The van der Waals surface area contributed by atoms with E-state index in [1.807, 2.05) is 6.08 Å². The second kappa shape index (κ2) is 31.4. The van der Waals surface area contributed by atoms with Crippen molar-refractivity contribution in [2.45, 2.75) is 187 Å². The molecule has 0 aliphatic carbocycles. The van der Waals surface area contributed by atoms with E-state index in [9.17, 15) is 15.0 Å². The first-order valence-corrected chi connectivity index (χ1v) is 17.1. The molecule has 0 saturated heterocycles. The third kappa shape index (κ3) is 28.2. The number of aliphatic hydroxyl groups is 2. The van der Waals surface area contributed by atoms with Crippen molar-refractivity contribution in [3.05, 3.63) is 24.3 Å². The lowest BCUT2D eigenvalue weighted by molar-refractivity contribution is -0.123. The van der Waals surface area contributed by atoms with Crippen LogP contribution in [0.15, 0.2) is 24.3 Å². The average molecular weight is 550 g/mol. The molecule has 4 heteroatoms. The average Bonchev–Trinajstić information content (AvgIpc) is 2.94. The van der Waals surface area contributed by atoms with Crippen LogP contribution in [-0.4, -0.2) is 34.9 Å². The number of unbranched alkanes of at least 4 members (excludes halogenated alkanes) is 21. The van der Waals surface area contributed by atoms with Crippen molar-refractivity contribution in [1.29, 1.82) is 0 Å². The molecule has 0 aliphatic heterocycles. The topological polar surface area (TPSA) is 69.6 Å². The van der Waals surface area contributed by atoms with Gasteiger partial charge < -0.3 is 15.5 Å². The van der Waals surface area contributed by atoms with Gasteiger partial charge in [-0.2, -0.15) is 0 Å². The van der Waals surface area contributed by atoms with Crippen LogP contribution in [0.25, 0.3) is 0 Å². The fraction of sp³-hybridized carbons (Fsp3) is 0.857. The van der Waals surface area contributed by atoms with Crippen molar-refractivity contribution < 1.29 is 15.0 Å². The Morgan fingerprint density at radius 3 is 1.44 bits per heavy atom. The second-order valence-corrected chi connectivity index (χ2v) is 11.6. The lowest BCUT2D eigenvalue weighted by Gasteiger charge is -2.19. The molecular formula is C35H67NO3. The van der Waals surface area contributed by atoms with Gasteiger partial charge in [-0.25, -0.2) is 0 Å². The summed E-state index contributed by atoms with van der Waals surface area (Å²) < 4.78 is 0. The van der Waals surface area contributed by atoms with Crippen LogP contribution in [0.1, 0.15) is 174 Å². The zero-order valence-corrected chi connectivity index (χ0v) is 26.2. The van der Waals surface area contributed by atoms with Gasteiger partial charge in [0.15, 0.2) is 0 Å². The molecule has 3 N–H and O–H groups in total. The summed E-state index contributed by atoms with van der Waals surface area (Å²) in [6.45, 7) is 4.19. The highest BCUT2D eigenvalue weighted by Gasteiger charge is 2.17. The minimum Gasteiger partial charge on any atom is -0.394 e. The van der Waals surface area contributed by atoms with Crippen LogP contribution in [0.5, 0.6) is 0 Å². The number of rotatable bonds is 30. The first kappa shape index (κ1) is 37.9. The fourth-order valence-corrected chi connectivity index (χ4v) is 5.02. The number of nitrogens with one attached hydrogen (secondary N) is 1. The van der Waals surface area contributed by atoms with E-state index in [4.69, 9.17) is 0 Å². The van der Waals surface area contributed by atoms with Gasteiger partial charge in [-0.15, -0.1) is 0 Å². The third-order valence-electron chi connectivity index (χ3n) is 7.67. The molecule has 0 aliphatic rings. The summed E-state index contributed by atoms with van der Waals surface area (Å²) in [5.74, 6) is -0.0774. The highest BCUT2D eigenvalue weighted by atomic mass is 16.3. The van der Waals surface area contributed by atoms with Crippen molar-refractivity contribution in [1.82, 2.24) is 5.32 Å². The summed E-state index contributed by atoms with van der Waals surface area (Å²) in [4.78, 5) is 12.2. The molecule has 0 aromatic rings. The zero-order chi connectivity index (χ0) is 28.7. The molecule has 39 heavy (non-hydrogen) atoms. The lowest BCUT2D eigenvalue weighted by Crippen LogP contribution is -2.45. The molecule has 0 aromatic heterocycles. The number of allylic oxidation sites excluding steroid dienone is 3. The SMILES string of the molecule is CCC/C=C/CC/C=C/C(O)C(CO)NC(=O)CCCCCCCCCCCCCCCCCCCCCC. The van der Waals surface area contributed by atoms with Gasteiger partial charge in [0.2, 0.25) is 5.91 Å². The van der Waals surface area contributed by atoms with Crippen LogP contribution < -0.4 is 5.32 Å². The summed E-state index contributed by atoms with van der Waals surface area (Å²) in [5, 5.41) is 22.6. The summed E-state index contributed by atoms with van der Waals surface area (Å²) in [5.41, 5.74) is 0. The Bertz CT molecular complexity index is 560. The maximum absolute atomic E-state index is 12.2. The number of amides is 1. The Kier molecular flexibility index (Phi) is 30.5. The Morgan fingerprint density at radius 1 is 0.590 bits per heavy atom. The van der Waals surface area contributed by atoms with Crippen LogP contribution in [0.4, 0.5) is 0 Å². The Hall–Kier alpha value is -1.13. The molecule has 0 radical (unpaired) electrons. The van der Waals surface area contributed by atoms with Gasteiger partial charge in [-0.3, -0.25) is 4.79 Å². The summed E-state index contributed by atoms with van der Waals surface area (Å²) in [6, 6.07) is -0.630. The van der Waals surface area contributed by atoms with Gasteiger partial charge in [-0.05, 0) is 25.7 Å². The van der Waals surface area contributed by atoms with Crippen molar-refractivity contribution >= 4 is 5.91 Å². The smallest absolute Gasteiger partial charge is 0.220 e. The van der Waals surface area contributed by atoms with Crippen LogP contribution in [0, 0.1) is 0 Å². The molecule has 4 nitrogen and oxygen atoms in total. The van der Waals surface area contributed by atoms with Gasteiger partial charge in [0.1, 0.15) is 0 Å². The maximum Gasteiger partial charge on any atom is 0.220 e. The lowest BCUT2D eigenvalue weighted by atomic mass is 10.0. The molecule has 0 bridgehead atoms.